The Morgan fingerprint density at radius 3 is 2.71 bits per heavy atom. The lowest BCUT2D eigenvalue weighted by atomic mass is 10.1. The third kappa shape index (κ3) is 4.04. The molecule has 2 aromatic carbocycles. The number of benzene rings is 2. The molecular weight excluding hydrogens is 380 g/mol. The Morgan fingerprint density at radius 2 is 1.89 bits per heavy atom. The molecule has 0 saturated heterocycles. The van der Waals surface area contributed by atoms with Crippen LogP contribution in [0.25, 0.3) is 22.1 Å². The van der Waals surface area contributed by atoms with Crippen LogP contribution < -0.4 is 14.8 Å². The fourth-order valence-electron chi connectivity index (χ4n) is 2.80. The molecular formula is C19H17N4O4S+. The van der Waals surface area contributed by atoms with Gasteiger partial charge in [-0.2, -0.15) is 0 Å². The molecule has 0 amide bonds. The van der Waals surface area contributed by atoms with Crippen molar-refractivity contribution in [1.82, 2.24) is 4.98 Å². The smallest absolute Gasteiger partial charge is 0.299 e. The van der Waals surface area contributed by atoms with Gasteiger partial charge in [-0.1, -0.05) is 12.1 Å². The summed E-state index contributed by atoms with van der Waals surface area (Å²) in [5.74, 6) is 0.579. The molecule has 0 spiro atoms. The zero-order chi connectivity index (χ0) is 19.7. The number of rotatable bonds is 5. The molecule has 8 nitrogen and oxygen atoms in total. The van der Waals surface area contributed by atoms with Crippen molar-refractivity contribution in [2.24, 2.45) is 0 Å². The van der Waals surface area contributed by atoms with E-state index in [4.69, 9.17) is 4.42 Å². The molecule has 2 heterocycles. The van der Waals surface area contributed by atoms with Gasteiger partial charge in [0.05, 0.1) is 23.5 Å². The van der Waals surface area contributed by atoms with E-state index in [1.807, 2.05) is 18.2 Å². The second-order valence-corrected chi connectivity index (χ2v) is 8.03. The Morgan fingerprint density at radius 1 is 1.07 bits per heavy atom. The van der Waals surface area contributed by atoms with Crippen molar-refractivity contribution >= 4 is 38.2 Å². The molecule has 0 atom stereocenters. The van der Waals surface area contributed by atoms with Crippen LogP contribution in [0.3, 0.4) is 0 Å². The number of nitrogens with one attached hydrogen (secondary N) is 2. The second kappa shape index (κ2) is 6.86. The molecule has 0 aliphatic rings. The number of fused-ring (bicyclic) bond motifs is 1. The zero-order valence-corrected chi connectivity index (χ0v) is 15.6. The Kier molecular flexibility index (Phi) is 4.36. The minimum Gasteiger partial charge on any atom is -0.423 e. The summed E-state index contributed by atoms with van der Waals surface area (Å²) in [7, 11) is -3.35. The number of aromatic nitrogens is 2. The van der Waals surface area contributed by atoms with Gasteiger partial charge >= 0.3 is 0 Å². The Hall–Kier alpha value is -3.59. The SMILES string of the molecule is CS(=O)(=O)Nc1cccc(Nc2ncc(-c3ccc4c[n+](O)ccc4c3)o2)c1. The molecule has 0 fully saturated rings. The zero-order valence-electron chi connectivity index (χ0n) is 14.8. The van der Waals surface area contributed by atoms with Crippen LogP contribution >= 0.6 is 0 Å². The van der Waals surface area contributed by atoms with Crippen LogP contribution in [0.4, 0.5) is 17.4 Å². The summed E-state index contributed by atoms with van der Waals surface area (Å²) < 4.78 is 31.9. The minimum atomic E-state index is -3.35. The highest BCUT2D eigenvalue weighted by Gasteiger charge is 2.10. The second-order valence-electron chi connectivity index (χ2n) is 6.28. The summed E-state index contributed by atoms with van der Waals surface area (Å²) in [5, 5.41) is 14.3. The maximum atomic E-state index is 11.4. The van der Waals surface area contributed by atoms with Gasteiger partial charge in [0, 0.05) is 22.0 Å². The van der Waals surface area contributed by atoms with Gasteiger partial charge in [-0.15, -0.1) is 0 Å². The van der Waals surface area contributed by atoms with E-state index in [0.29, 0.717) is 17.1 Å². The highest BCUT2D eigenvalue weighted by Crippen LogP contribution is 2.27. The summed E-state index contributed by atoms with van der Waals surface area (Å²) in [5.41, 5.74) is 1.92. The first-order chi connectivity index (χ1) is 13.4. The summed E-state index contributed by atoms with van der Waals surface area (Å²) in [6, 6.07) is 14.6. The molecule has 0 bridgehead atoms. The van der Waals surface area contributed by atoms with Crippen molar-refractivity contribution in [3.8, 4) is 11.3 Å². The van der Waals surface area contributed by atoms with Crippen LogP contribution in [-0.2, 0) is 10.0 Å². The minimum absolute atomic E-state index is 0.285. The maximum absolute atomic E-state index is 11.4. The lowest BCUT2D eigenvalue weighted by Crippen LogP contribution is -2.27. The van der Waals surface area contributed by atoms with Crippen molar-refractivity contribution in [2.45, 2.75) is 0 Å². The molecule has 0 aliphatic carbocycles. The largest absolute Gasteiger partial charge is 0.423 e. The number of anilines is 3. The molecule has 0 unspecified atom stereocenters. The van der Waals surface area contributed by atoms with Crippen LogP contribution in [0.1, 0.15) is 0 Å². The van der Waals surface area contributed by atoms with Gasteiger partial charge in [0.25, 0.3) is 6.01 Å². The van der Waals surface area contributed by atoms with E-state index in [9.17, 15) is 13.6 Å². The van der Waals surface area contributed by atoms with Crippen LogP contribution in [-0.4, -0.2) is 24.9 Å². The van der Waals surface area contributed by atoms with Gasteiger partial charge in [0.2, 0.25) is 22.4 Å². The van der Waals surface area contributed by atoms with E-state index in [2.05, 4.69) is 15.0 Å². The Labute approximate surface area is 161 Å². The highest BCUT2D eigenvalue weighted by atomic mass is 32.2. The van der Waals surface area contributed by atoms with E-state index >= 15 is 0 Å². The molecule has 0 aliphatic heterocycles. The summed E-state index contributed by atoms with van der Waals surface area (Å²) in [4.78, 5) is 4.23. The standard InChI is InChI=1S/C19H16N4O4S/c1-28(25,26)22-17-4-2-3-16(10-17)21-19-20-11-18(27-19)14-5-6-15-12-23(24)8-7-13(15)9-14/h2-12,22,24H,1H3/p+1. The van der Waals surface area contributed by atoms with Crippen molar-refractivity contribution < 1.29 is 22.8 Å². The Balaban J connectivity index is 1.57. The van der Waals surface area contributed by atoms with E-state index in [0.717, 1.165) is 27.3 Å². The average Bonchev–Trinajstić information content (AvgIpc) is 3.08. The van der Waals surface area contributed by atoms with Gasteiger partial charge in [-0.25, -0.2) is 13.4 Å². The Bertz CT molecular complexity index is 1270. The molecule has 9 heteroatoms. The average molecular weight is 397 g/mol. The number of oxazole rings is 1. The topological polar surface area (TPSA) is 108 Å². The summed E-state index contributed by atoms with van der Waals surface area (Å²) in [6.45, 7) is 0. The number of nitrogens with zero attached hydrogens (tertiary/aromatic N) is 2. The maximum Gasteiger partial charge on any atom is 0.299 e. The fourth-order valence-corrected chi connectivity index (χ4v) is 3.35. The van der Waals surface area contributed by atoms with Crippen LogP contribution in [0.5, 0.6) is 0 Å². The normalized spacial score (nSPS) is 11.5. The van der Waals surface area contributed by atoms with Gasteiger partial charge in [0.1, 0.15) is 0 Å². The predicted molar refractivity (Wildman–Crippen MR) is 105 cm³/mol. The monoisotopic (exact) mass is 397 g/mol. The first-order valence-electron chi connectivity index (χ1n) is 8.31. The lowest BCUT2D eigenvalue weighted by molar-refractivity contribution is -0.903. The summed E-state index contributed by atoms with van der Waals surface area (Å²) >= 11 is 0. The quantitative estimate of drug-likeness (QED) is 0.353. The molecule has 4 rings (SSSR count). The van der Waals surface area contributed by atoms with Gasteiger partial charge in [-0.3, -0.25) is 9.93 Å². The van der Waals surface area contributed by atoms with Crippen molar-refractivity contribution in [1.29, 1.82) is 0 Å². The molecule has 0 radical (unpaired) electrons. The first-order valence-corrected chi connectivity index (χ1v) is 10.2. The van der Waals surface area contributed by atoms with Crippen molar-refractivity contribution in [3.63, 3.8) is 0 Å². The van der Waals surface area contributed by atoms with Crippen molar-refractivity contribution in [3.05, 3.63) is 67.1 Å². The number of pyridine rings is 1. The van der Waals surface area contributed by atoms with Crippen LogP contribution in [0.15, 0.2) is 71.5 Å². The third-order valence-corrected chi connectivity index (χ3v) is 4.58. The molecule has 3 N–H and O–H groups in total. The van der Waals surface area contributed by atoms with Crippen LogP contribution in [0.2, 0.25) is 0 Å². The number of hydrogen-bond acceptors (Lipinski definition) is 6. The van der Waals surface area contributed by atoms with E-state index in [1.165, 1.54) is 0 Å². The first kappa shape index (κ1) is 17.8. The summed E-state index contributed by atoms with van der Waals surface area (Å²) in [6.07, 6.45) is 5.87. The van der Waals surface area contributed by atoms with E-state index in [1.54, 1.807) is 48.9 Å². The molecule has 4 aromatic rings. The fraction of sp³-hybridized carbons (Fsp3) is 0.0526. The van der Waals surface area contributed by atoms with Gasteiger partial charge < -0.3 is 9.73 Å². The van der Waals surface area contributed by atoms with E-state index in [-0.39, 0.29) is 6.01 Å². The number of hydrogen-bond donors (Lipinski definition) is 3. The molecule has 0 saturated carbocycles. The predicted octanol–water partition coefficient (Wildman–Crippen LogP) is 3.13. The van der Waals surface area contributed by atoms with Gasteiger partial charge in [0.15, 0.2) is 5.76 Å². The molecule has 142 valence electrons. The van der Waals surface area contributed by atoms with Gasteiger partial charge in [-0.05, 0) is 35.7 Å². The lowest BCUT2D eigenvalue weighted by Gasteiger charge is -2.06. The van der Waals surface area contributed by atoms with E-state index < -0.39 is 10.0 Å². The highest BCUT2D eigenvalue weighted by molar-refractivity contribution is 7.92. The molecule has 28 heavy (non-hydrogen) atoms. The van der Waals surface area contributed by atoms with Crippen molar-refractivity contribution in [2.75, 3.05) is 16.3 Å². The van der Waals surface area contributed by atoms with Crippen LogP contribution in [0, 0.1) is 0 Å². The number of sulfonamides is 1. The molecule has 2 aromatic heterocycles. The third-order valence-electron chi connectivity index (χ3n) is 3.97.